The van der Waals surface area contributed by atoms with Gasteiger partial charge in [0.1, 0.15) is 10.9 Å². The lowest BCUT2D eigenvalue weighted by atomic mass is 9.94. The molecule has 1 unspecified atom stereocenters. The normalized spacial score (nSPS) is 25.7. The van der Waals surface area contributed by atoms with E-state index in [9.17, 15) is 13.2 Å². The van der Waals surface area contributed by atoms with E-state index in [0.717, 1.165) is 19.3 Å². The second kappa shape index (κ2) is 6.82. The van der Waals surface area contributed by atoms with Crippen LogP contribution in [0.1, 0.15) is 39.0 Å². The minimum absolute atomic E-state index is 0.476. The maximum absolute atomic E-state index is 13.2. The molecule has 0 bridgehead atoms. The molecule has 1 heterocycles. The Hall–Kier alpha value is -0.700. The molecule has 1 aliphatic carbocycles. The van der Waals surface area contributed by atoms with Gasteiger partial charge in [0, 0.05) is 26.2 Å². The molecule has 1 atom stereocenters. The van der Waals surface area contributed by atoms with Gasteiger partial charge in [0.25, 0.3) is 0 Å². The first-order chi connectivity index (χ1) is 10.3. The van der Waals surface area contributed by atoms with Crippen LogP contribution in [-0.4, -0.2) is 72.8 Å². The van der Waals surface area contributed by atoms with Gasteiger partial charge >= 0.3 is 5.97 Å². The Morgan fingerprint density at radius 2 is 1.68 bits per heavy atom. The van der Waals surface area contributed by atoms with Crippen LogP contribution < -0.4 is 5.32 Å². The summed E-state index contributed by atoms with van der Waals surface area (Å²) in [5, 5.41) is 12.1. The molecule has 0 amide bonds. The average molecular weight is 333 g/mol. The predicted molar refractivity (Wildman–Crippen MR) is 84.0 cm³/mol. The molecule has 2 rings (SSSR count). The summed E-state index contributed by atoms with van der Waals surface area (Å²) in [4.78, 5) is 12.2. The molecule has 0 aromatic rings. The number of carboxylic acid groups (broad SMARTS) is 1. The highest BCUT2D eigenvalue weighted by atomic mass is 32.2. The molecule has 1 saturated carbocycles. The van der Waals surface area contributed by atoms with E-state index in [-0.39, 0.29) is 0 Å². The quantitative estimate of drug-likeness (QED) is 0.751. The highest BCUT2D eigenvalue weighted by Crippen LogP contribution is 2.35. The van der Waals surface area contributed by atoms with Gasteiger partial charge in [-0.3, -0.25) is 10.1 Å². The largest absolute Gasteiger partial charge is 0.480 e. The summed E-state index contributed by atoms with van der Waals surface area (Å²) in [6.07, 6.45) is 3.60. The molecular weight excluding hydrogens is 306 g/mol. The third-order valence-corrected chi connectivity index (χ3v) is 7.37. The SMILES string of the molecule is CC(NC1(S(=O)(=O)N2CCN(C)CC2)CCCCC1)C(=O)O. The van der Waals surface area contributed by atoms with E-state index in [1.807, 2.05) is 7.05 Å². The number of rotatable bonds is 5. The van der Waals surface area contributed by atoms with E-state index in [4.69, 9.17) is 5.11 Å². The zero-order valence-electron chi connectivity index (χ0n) is 13.4. The van der Waals surface area contributed by atoms with Gasteiger partial charge in [0.05, 0.1) is 0 Å². The summed E-state index contributed by atoms with van der Waals surface area (Å²) in [5.41, 5.74) is 0. The van der Waals surface area contributed by atoms with Crippen LogP contribution >= 0.6 is 0 Å². The van der Waals surface area contributed by atoms with Crippen molar-refractivity contribution in [2.45, 2.75) is 49.9 Å². The molecular formula is C14H27N3O4S. The molecule has 0 spiro atoms. The lowest BCUT2D eigenvalue weighted by Gasteiger charge is -2.43. The molecule has 1 aliphatic heterocycles. The minimum Gasteiger partial charge on any atom is -0.480 e. The number of hydrogen-bond donors (Lipinski definition) is 2. The van der Waals surface area contributed by atoms with Crippen LogP contribution in [0.2, 0.25) is 0 Å². The second-order valence-electron chi connectivity index (χ2n) is 6.47. The zero-order valence-corrected chi connectivity index (χ0v) is 14.2. The first-order valence-electron chi connectivity index (χ1n) is 7.97. The van der Waals surface area contributed by atoms with Crippen LogP contribution in [0.5, 0.6) is 0 Å². The van der Waals surface area contributed by atoms with Crippen LogP contribution in [0, 0.1) is 0 Å². The van der Waals surface area contributed by atoms with Crippen molar-refractivity contribution in [3.05, 3.63) is 0 Å². The second-order valence-corrected chi connectivity index (χ2v) is 8.71. The van der Waals surface area contributed by atoms with Gasteiger partial charge in [-0.15, -0.1) is 0 Å². The van der Waals surface area contributed by atoms with Gasteiger partial charge in [0.2, 0.25) is 10.0 Å². The number of nitrogens with zero attached hydrogens (tertiary/aromatic N) is 2. The number of nitrogens with one attached hydrogen (secondary N) is 1. The van der Waals surface area contributed by atoms with Gasteiger partial charge in [-0.25, -0.2) is 8.42 Å². The van der Waals surface area contributed by atoms with Gasteiger partial charge in [0.15, 0.2) is 0 Å². The Morgan fingerprint density at radius 1 is 1.14 bits per heavy atom. The summed E-state index contributed by atoms with van der Waals surface area (Å²) in [5.74, 6) is -1.02. The highest BCUT2D eigenvalue weighted by Gasteiger charge is 2.49. The molecule has 7 nitrogen and oxygen atoms in total. The molecule has 2 fully saturated rings. The smallest absolute Gasteiger partial charge is 0.320 e. The molecule has 2 N–H and O–H groups in total. The van der Waals surface area contributed by atoms with E-state index < -0.39 is 26.9 Å². The van der Waals surface area contributed by atoms with Crippen molar-refractivity contribution in [3.63, 3.8) is 0 Å². The van der Waals surface area contributed by atoms with Gasteiger partial charge in [-0.2, -0.15) is 4.31 Å². The molecule has 22 heavy (non-hydrogen) atoms. The molecule has 128 valence electrons. The van der Waals surface area contributed by atoms with E-state index in [0.29, 0.717) is 39.0 Å². The molecule has 1 saturated heterocycles. The summed E-state index contributed by atoms with van der Waals surface area (Å²) in [6.45, 7) is 3.89. The van der Waals surface area contributed by atoms with Crippen LogP contribution in [-0.2, 0) is 14.8 Å². The number of carbonyl (C=O) groups is 1. The minimum atomic E-state index is -3.57. The molecule has 0 radical (unpaired) electrons. The van der Waals surface area contributed by atoms with E-state index in [1.54, 1.807) is 4.31 Å². The van der Waals surface area contributed by atoms with Crippen LogP contribution in [0.4, 0.5) is 0 Å². The van der Waals surface area contributed by atoms with Crippen LogP contribution in [0.3, 0.4) is 0 Å². The number of piperazine rings is 1. The molecule has 8 heteroatoms. The first kappa shape index (κ1) is 17.7. The predicted octanol–water partition coefficient (Wildman–Crippen LogP) is 0.287. The maximum Gasteiger partial charge on any atom is 0.320 e. The van der Waals surface area contributed by atoms with Crippen LogP contribution in [0.15, 0.2) is 0 Å². The summed E-state index contributed by atoms with van der Waals surface area (Å²) >= 11 is 0. The Bertz CT molecular complexity index is 494. The fraction of sp³-hybridized carbons (Fsp3) is 0.929. The molecule has 0 aromatic carbocycles. The average Bonchev–Trinajstić information content (AvgIpc) is 2.48. The fourth-order valence-electron chi connectivity index (χ4n) is 3.33. The van der Waals surface area contributed by atoms with Crippen molar-refractivity contribution in [2.75, 3.05) is 33.2 Å². The number of likely N-dealkylation sites (N-methyl/N-ethyl adjacent to an activating group) is 1. The number of sulfonamides is 1. The molecule has 2 aliphatic rings. The maximum atomic E-state index is 13.2. The van der Waals surface area contributed by atoms with E-state index in [2.05, 4.69) is 10.2 Å². The van der Waals surface area contributed by atoms with Crippen molar-refractivity contribution < 1.29 is 18.3 Å². The highest BCUT2D eigenvalue weighted by molar-refractivity contribution is 7.90. The number of carboxylic acids is 1. The van der Waals surface area contributed by atoms with Gasteiger partial charge in [-0.05, 0) is 26.8 Å². The van der Waals surface area contributed by atoms with E-state index in [1.165, 1.54) is 6.92 Å². The summed E-state index contributed by atoms with van der Waals surface area (Å²) < 4.78 is 27.9. The van der Waals surface area contributed by atoms with Crippen molar-refractivity contribution in [2.24, 2.45) is 0 Å². The van der Waals surface area contributed by atoms with Crippen LogP contribution in [0.25, 0.3) is 0 Å². The Kier molecular flexibility index (Phi) is 5.47. The van der Waals surface area contributed by atoms with Crippen molar-refractivity contribution in [1.29, 1.82) is 0 Å². The number of hydrogen-bond acceptors (Lipinski definition) is 5. The lowest BCUT2D eigenvalue weighted by molar-refractivity contribution is -0.139. The fourth-order valence-corrected chi connectivity index (χ4v) is 5.60. The lowest BCUT2D eigenvalue weighted by Crippen LogP contribution is -2.63. The number of aliphatic carboxylic acids is 1. The topological polar surface area (TPSA) is 90.0 Å². The first-order valence-corrected chi connectivity index (χ1v) is 9.41. The Labute approximate surface area is 132 Å². The van der Waals surface area contributed by atoms with E-state index >= 15 is 0 Å². The van der Waals surface area contributed by atoms with Crippen molar-refractivity contribution in [1.82, 2.24) is 14.5 Å². The van der Waals surface area contributed by atoms with Gasteiger partial charge in [-0.1, -0.05) is 19.3 Å². The summed E-state index contributed by atoms with van der Waals surface area (Å²) in [6, 6.07) is -0.875. The third-order valence-electron chi connectivity index (χ3n) is 4.81. The third kappa shape index (κ3) is 3.45. The Morgan fingerprint density at radius 3 is 2.18 bits per heavy atom. The van der Waals surface area contributed by atoms with Crippen molar-refractivity contribution >= 4 is 16.0 Å². The standard InChI is InChI=1S/C14H27N3O4S/c1-12(13(18)19)15-14(6-4-3-5-7-14)22(20,21)17-10-8-16(2)9-11-17/h12,15H,3-11H2,1-2H3,(H,18,19). The van der Waals surface area contributed by atoms with Gasteiger partial charge < -0.3 is 10.0 Å². The Balaban J connectivity index is 2.25. The monoisotopic (exact) mass is 333 g/mol. The van der Waals surface area contributed by atoms with Crippen molar-refractivity contribution in [3.8, 4) is 0 Å². The molecule has 0 aromatic heterocycles. The summed E-state index contributed by atoms with van der Waals surface area (Å²) in [7, 11) is -1.59. The zero-order chi connectivity index (χ0) is 16.4.